The van der Waals surface area contributed by atoms with Crippen molar-refractivity contribution in [3.05, 3.63) is 37.9 Å². The molecule has 0 heterocycles. The zero-order chi connectivity index (χ0) is 16.8. The first-order valence-electron chi connectivity index (χ1n) is 8.36. The van der Waals surface area contributed by atoms with Gasteiger partial charge in [0.15, 0.2) is 0 Å². The summed E-state index contributed by atoms with van der Waals surface area (Å²) in [5, 5.41) is 11.6. The van der Waals surface area contributed by atoms with Gasteiger partial charge in [0.1, 0.15) is 0 Å². The molecule has 6 heteroatoms. The Morgan fingerprint density at radius 1 is 1.22 bits per heavy atom. The highest BCUT2D eigenvalue weighted by atomic mass is 35.5. The summed E-state index contributed by atoms with van der Waals surface area (Å²) in [5.74, 6) is 0.742. The van der Waals surface area contributed by atoms with Crippen molar-refractivity contribution < 1.29 is 4.92 Å². The molecule has 0 saturated heterocycles. The molecule has 1 aliphatic carbocycles. The molecule has 2 rings (SSSR count). The van der Waals surface area contributed by atoms with Crippen LogP contribution in [0.2, 0.25) is 10.0 Å². The summed E-state index contributed by atoms with van der Waals surface area (Å²) < 4.78 is 0. The van der Waals surface area contributed by atoms with Crippen LogP contribution in [0.4, 0.5) is 5.69 Å². The van der Waals surface area contributed by atoms with E-state index in [2.05, 4.69) is 11.8 Å². The molecule has 1 saturated carbocycles. The highest BCUT2D eigenvalue weighted by Gasteiger charge is 2.20. The number of hydrogen-bond acceptors (Lipinski definition) is 3. The first kappa shape index (κ1) is 18.5. The van der Waals surface area contributed by atoms with E-state index in [9.17, 15) is 10.1 Å². The van der Waals surface area contributed by atoms with E-state index in [0.717, 1.165) is 31.0 Å². The van der Waals surface area contributed by atoms with Crippen LogP contribution >= 0.6 is 23.2 Å². The smallest absolute Gasteiger partial charge is 0.272 e. The van der Waals surface area contributed by atoms with Crippen molar-refractivity contribution in [2.45, 2.75) is 52.0 Å². The Morgan fingerprint density at radius 3 is 2.35 bits per heavy atom. The Morgan fingerprint density at radius 2 is 1.83 bits per heavy atom. The van der Waals surface area contributed by atoms with Gasteiger partial charge in [0, 0.05) is 30.8 Å². The number of rotatable bonds is 7. The Hall–Kier alpha value is -0.840. The van der Waals surface area contributed by atoms with Crippen LogP contribution in [0, 0.1) is 16.0 Å². The van der Waals surface area contributed by atoms with Crippen LogP contribution in [0.25, 0.3) is 0 Å². The van der Waals surface area contributed by atoms with Gasteiger partial charge in [-0.3, -0.25) is 15.0 Å². The monoisotopic (exact) mass is 358 g/mol. The molecule has 1 aromatic carbocycles. The van der Waals surface area contributed by atoms with Crippen LogP contribution in [0.5, 0.6) is 0 Å². The molecule has 4 nitrogen and oxygen atoms in total. The predicted molar refractivity (Wildman–Crippen MR) is 95.3 cm³/mol. The minimum atomic E-state index is -0.465. The van der Waals surface area contributed by atoms with Gasteiger partial charge in [0.25, 0.3) is 5.69 Å². The summed E-state index contributed by atoms with van der Waals surface area (Å²) in [5.41, 5.74) is 0.737. The fourth-order valence-corrected chi connectivity index (χ4v) is 3.95. The van der Waals surface area contributed by atoms with E-state index in [0.29, 0.717) is 16.6 Å². The second-order valence-electron chi connectivity index (χ2n) is 6.38. The largest absolute Gasteiger partial charge is 0.299 e. The van der Waals surface area contributed by atoms with Gasteiger partial charge in [0.05, 0.1) is 15.0 Å². The number of nitrogens with zero attached hydrogens (tertiary/aromatic N) is 2. The second-order valence-corrected chi connectivity index (χ2v) is 7.20. The molecule has 23 heavy (non-hydrogen) atoms. The highest BCUT2D eigenvalue weighted by molar-refractivity contribution is 6.36. The molecule has 0 amide bonds. The average molecular weight is 359 g/mol. The molecule has 128 valence electrons. The van der Waals surface area contributed by atoms with Gasteiger partial charge in [-0.2, -0.15) is 0 Å². The number of nitro benzene ring substituents is 1. The first-order chi connectivity index (χ1) is 11.0. The molecular formula is C17H24Cl2N2O2. The van der Waals surface area contributed by atoms with Crippen molar-refractivity contribution in [3.63, 3.8) is 0 Å². The number of halogens is 2. The standard InChI is InChI=1S/C17H24Cl2N2O2/c1-2-8-20(11-13-6-4-3-5-7-13)12-15-16(18)9-14(21(22)23)10-17(15)19/h9-10,13H,2-8,11-12H2,1H3. The highest BCUT2D eigenvalue weighted by Crippen LogP contribution is 2.32. The second kappa shape index (κ2) is 8.86. The van der Waals surface area contributed by atoms with E-state index in [1.807, 2.05) is 0 Å². The van der Waals surface area contributed by atoms with E-state index < -0.39 is 4.92 Å². The van der Waals surface area contributed by atoms with Crippen LogP contribution < -0.4 is 0 Å². The van der Waals surface area contributed by atoms with Crippen molar-refractivity contribution in [2.24, 2.45) is 5.92 Å². The molecule has 0 unspecified atom stereocenters. The van der Waals surface area contributed by atoms with Crippen LogP contribution in [0.15, 0.2) is 12.1 Å². The third-order valence-corrected chi connectivity index (χ3v) is 5.17. The molecular weight excluding hydrogens is 335 g/mol. The Labute approximate surface area is 147 Å². The SMILES string of the molecule is CCCN(Cc1c(Cl)cc([N+](=O)[O-])cc1Cl)CC1CCCCC1. The van der Waals surface area contributed by atoms with E-state index in [1.54, 1.807) is 0 Å². The first-order valence-corrected chi connectivity index (χ1v) is 9.11. The van der Waals surface area contributed by atoms with E-state index >= 15 is 0 Å². The van der Waals surface area contributed by atoms with E-state index in [1.165, 1.54) is 44.2 Å². The average Bonchev–Trinajstić information content (AvgIpc) is 2.51. The fourth-order valence-electron chi connectivity index (χ4n) is 3.36. The summed E-state index contributed by atoms with van der Waals surface area (Å²) in [6.45, 7) is 4.85. The van der Waals surface area contributed by atoms with Gasteiger partial charge < -0.3 is 0 Å². The quantitative estimate of drug-likeness (QED) is 0.464. The van der Waals surface area contributed by atoms with Crippen LogP contribution in [-0.2, 0) is 6.54 Å². The summed E-state index contributed by atoms with van der Waals surface area (Å²) >= 11 is 12.5. The molecule has 0 aromatic heterocycles. The van der Waals surface area contributed by atoms with Crippen molar-refractivity contribution in [2.75, 3.05) is 13.1 Å². The Bertz CT molecular complexity index is 522. The molecule has 0 spiro atoms. The maximum absolute atomic E-state index is 10.9. The Kier molecular flexibility index (Phi) is 7.12. The van der Waals surface area contributed by atoms with Crippen molar-refractivity contribution in [1.82, 2.24) is 4.90 Å². The molecule has 0 bridgehead atoms. The topological polar surface area (TPSA) is 46.4 Å². The summed E-state index contributed by atoms with van der Waals surface area (Å²) in [4.78, 5) is 12.8. The van der Waals surface area contributed by atoms with Crippen LogP contribution in [0.1, 0.15) is 51.0 Å². The van der Waals surface area contributed by atoms with Gasteiger partial charge in [0.2, 0.25) is 0 Å². The predicted octanol–water partition coefficient (Wildman–Crippen LogP) is 5.69. The van der Waals surface area contributed by atoms with Crippen LogP contribution in [0.3, 0.4) is 0 Å². The zero-order valence-corrected chi connectivity index (χ0v) is 15.1. The lowest BCUT2D eigenvalue weighted by molar-refractivity contribution is -0.384. The third kappa shape index (κ3) is 5.33. The number of non-ortho nitro benzene ring substituents is 1. The fraction of sp³-hybridized carbons (Fsp3) is 0.647. The summed E-state index contributed by atoms with van der Waals surface area (Å²) in [6, 6.07) is 2.79. The molecule has 1 aromatic rings. The van der Waals surface area contributed by atoms with Gasteiger partial charge >= 0.3 is 0 Å². The third-order valence-electron chi connectivity index (χ3n) is 4.50. The summed E-state index contributed by atoms with van der Waals surface area (Å²) in [6.07, 6.45) is 7.65. The van der Waals surface area contributed by atoms with Gasteiger partial charge in [-0.15, -0.1) is 0 Å². The molecule has 0 aliphatic heterocycles. The Balaban J connectivity index is 2.11. The lowest BCUT2D eigenvalue weighted by Crippen LogP contribution is -2.31. The summed E-state index contributed by atoms with van der Waals surface area (Å²) in [7, 11) is 0. The van der Waals surface area contributed by atoms with E-state index in [-0.39, 0.29) is 5.69 Å². The number of benzene rings is 1. The molecule has 1 aliphatic rings. The molecule has 0 radical (unpaired) electrons. The number of nitro groups is 1. The lowest BCUT2D eigenvalue weighted by Gasteiger charge is -2.30. The van der Waals surface area contributed by atoms with Crippen molar-refractivity contribution in [3.8, 4) is 0 Å². The van der Waals surface area contributed by atoms with Crippen LogP contribution in [-0.4, -0.2) is 22.9 Å². The zero-order valence-electron chi connectivity index (χ0n) is 13.6. The van der Waals surface area contributed by atoms with Crippen molar-refractivity contribution >= 4 is 28.9 Å². The maximum Gasteiger partial charge on any atom is 0.272 e. The van der Waals surface area contributed by atoms with E-state index in [4.69, 9.17) is 23.2 Å². The normalized spacial score (nSPS) is 16.0. The molecule has 1 fully saturated rings. The molecule has 0 atom stereocenters. The maximum atomic E-state index is 10.9. The van der Waals surface area contributed by atoms with Gasteiger partial charge in [-0.05, 0) is 31.7 Å². The molecule has 0 N–H and O–H groups in total. The number of hydrogen-bond donors (Lipinski definition) is 0. The minimum absolute atomic E-state index is 0.0573. The lowest BCUT2D eigenvalue weighted by atomic mass is 9.89. The van der Waals surface area contributed by atoms with Crippen molar-refractivity contribution in [1.29, 1.82) is 0 Å². The minimum Gasteiger partial charge on any atom is -0.299 e. The van der Waals surface area contributed by atoms with Gasteiger partial charge in [-0.25, -0.2) is 0 Å². The van der Waals surface area contributed by atoms with Gasteiger partial charge in [-0.1, -0.05) is 49.4 Å².